The Labute approximate surface area is 185 Å². The Bertz CT molecular complexity index is 810. The Kier molecular flexibility index (Phi) is 5.33. The van der Waals surface area contributed by atoms with Crippen molar-refractivity contribution in [2.24, 2.45) is 34.5 Å². The quantitative estimate of drug-likeness (QED) is 0.490. The SMILES string of the molecule is CC(=O)OCC(=O)[C@]1(O)CC[C@H]2[C@@H]3CC[C@@H]4[C@@H](Br)C(=O)CC[C@]4(C)[C@H]3C(=O)C[C@@]21C. The second-order valence-corrected chi connectivity index (χ2v) is 11.5. The molecule has 0 spiro atoms. The van der Waals surface area contributed by atoms with Gasteiger partial charge in [-0.2, -0.15) is 0 Å². The van der Waals surface area contributed by atoms with Gasteiger partial charge in [-0.3, -0.25) is 19.2 Å². The number of hydrogen-bond donors (Lipinski definition) is 1. The highest BCUT2D eigenvalue weighted by Crippen LogP contribution is 2.67. The van der Waals surface area contributed by atoms with Crippen molar-refractivity contribution >= 4 is 39.2 Å². The van der Waals surface area contributed by atoms with Crippen LogP contribution in [-0.4, -0.2) is 45.5 Å². The molecule has 4 saturated carbocycles. The van der Waals surface area contributed by atoms with E-state index in [-0.39, 0.29) is 51.9 Å². The zero-order valence-electron chi connectivity index (χ0n) is 17.9. The Balaban J connectivity index is 1.65. The normalized spacial score (nSPS) is 47.8. The van der Waals surface area contributed by atoms with Crippen LogP contribution in [0.2, 0.25) is 0 Å². The first-order chi connectivity index (χ1) is 14.0. The van der Waals surface area contributed by atoms with Crippen LogP contribution in [0.1, 0.15) is 65.7 Å². The van der Waals surface area contributed by atoms with E-state index in [0.29, 0.717) is 19.3 Å². The maximum Gasteiger partial charge on any atom is 0.303 e. The van der Waals surface area contributed by atoms with Crippen LogP contribution >= 0.6 is 15.9 Å². The molecular formula is C23H31BrO6. The van der Waals surface area contributed by atoms with Crippen molar-refractivity contribution in [2.75, 3.05) is 6.61 Å². The van der Waals surface area contributed by atoms with E-state index in [2.05, 4.69) is 22.9 Å². The highest BCUT2D eigenvalue weighted by Gasteiger charge is 2.69. The Morgan fingerprint density at radius 3 is 2.47 bits per heavy atom. The first-order valence-electron chi connectivity index (χ1n) is 11.0. The van der Waals surface area contributed by atoms with Gasteiger partial charge in [0.05, 0.1) is 4.83 Å². The van der Waals surface area contributed by atoms with Crippen LogP contribution in [0.15, 0.2) is 0 Å². The number of esters is 1. The number of carbonyl (C=O) groups excluding carboxylic acids is 4. The van der Waals surface area contributed by atoms with Gasteiger partial charge in [0.25, 0.3) is 0 Å². The van der Waals surface area contributed by atoms with Gasteiger partial charge in [-0.1, -0.05) is 29.8 Å². The van der Waals surface area contributed by atoms with E-state index in [1.54, 1.807) is 0 Å². The molecule has 4 aliphatic carbocycles. The van der Waals surface area contributed by atoms with Crippen LogP contribution < -0.4 is 0 Å². The molecule has 8 atom stereocenters. The number of alkyl halides is 1. The fourth-order valence-corrected chi connectivity index (χ4v) is 8.76. The summed E-state index contributed by atoms with van der Waals surface area (Å²) in [6, 6.07) is 0. The van der Waals surface area contributed by atoms with E-state index in [1.807, 2.05) is 6.92 Å². The molecule has 0 aromatic carbocycles. The Hall–Kier alpha value is -1.08. The molecule has 0 radical (unpaired) electrons. The lowest BCUT2D eigenvalue weighted by Gasteiger charge is -2.60. The molecule has 0 aromatic rings. The molecule has 0 amide bonds. The second kappa shape index (κ2) is 7.22. The van der Waals surface area contributed by atoms with Gasteiger partial charge >= 0.3 is 5.97 Å². The van der Waals surface area contributed by atoms with Crippen LogP contribution in [0.5, 0.6) is 0 Å². The lowest BCUT2D eigenvalue weighted by atomic mass is 9.44. The molecule has 4 fully saturated rings. The molecular weight excluding hydrogens is 452 g/mol. The topological polar surface area (TPSA) is 97.7 Å². The van der Waals surface area contributed by atoms with Gasteiger partial charge in [-0.25, -0.2) is 0 Å². The summed E-state index contributed by atoms with van der Waals surface area (Å²) in [7, 11) is 0. The molecule has 0 heterocycles. The van der Waals surface area contributed by atoms with E-state index in [0.717, 1.165) is 19.3 Å². The van der Waals surface area contributed by atoms with Crippen LogP contribution in [0.3, 0.4) is 0 Å². The minimum Gasteiger partial charge on any atom is -0.458 e. The van der Waals surface area contributed by atoms with E-state index in [9.17, 15) is 24.3 Å². The first-order valence-corrected chi connectivity index (χ1v) is 12.0. The van der Waals surface area contributed by atoms with Crippen molar-refractivity contribution in [1.29, 1.82) is 0 Å². The molecule has 0 aromatic heterocycles. The Morgan fingerprint density at radius 2 is 1.80 bits per heavy atom. The molecule has 0 saturated heterocycles. The molecule has 0 bridgehead atoms. The molecule has 6 nitrogen and oxygen atoms in total. The smallest absolute Gasteiger partial charge is 0.303 e. The second-order valence-electron chi connectivity index (χ2n) is 10.5. The number of ketones is 3. The van der Waals surface area contributed by atoms with Crippen LogP contribution in [0, 0.1) is 34.5 Å². The third-order valence-corrected chi connectivity index (χ3v) is 10.4. The molecule has 30 heavy (non-hydrogen) atoms. The fraction of sp³-hybridized carbons (Fsp3) is 0.826. The summed E-state index contributed by atoms with van der Waals surface area (Å²) in [5, 5.41) is 11.5. The van der Waals surface area contributed by atoms with Crippen LogP contribution in [0.25, 0.3) is 0 Å². The molecule has 0 unspecified atom stereocenters. The summed E-state index contributed by atoms with van der Waals surface area (Å²) >= 11 is 3.61. The maximum atomic E-state index is 13.6. The zero-order chi connectivity index (χ0) is 22.1. The van der Waals surface area contributed by atoms with E-state index < -0.39 is 29.4 Å². The third-order valence-electron chi connectivity index (χ3n) is 9.22. The number of hydrogen-bond acceptors (Lipinski definition) is 6. The number of halogens is 1. The number of fused-ring (bicyclic) bond motifs is 5. The average Bonchev–Trinajstić information content (AvgIpc) is 2.94. The number of ether oxygens (including phenoxy) is 1. The summed E-state index contributed by atoms with van der Waals surface area (Å²) in [5.74, 6) is -0.522. The van der Waals surface area contributed by atoms with E-state index in [1.165, 1.54) is 6.92 Å². The third kappa shape index (κ3) is 2.90. The van der Waals surface area contributed by atoms with Gasteiger partial charge in [0, 0.05) is 31.1 Å². The van der Waals surface area contributed by atoms with Crippen molar-refractivity contribution in [2.45, 2.75) is 76.1 Å². The largest absolute Gasteiger partial charge is 0.458 e. The number of aliphatic hydroxyl groups is 1. The summed E-state index contributed by atoms with van der Waals surface area (Å²) in [6.45, 7) is 4.82. The van der Waals surface area contributed by atoms with Crippen molar-refractivity contribution in [1.82, 2.24) is 0 Å². The molecule has 7 heteroatoms. The molecule has 0 aliphatic heterocycles. The molecule has 1 N–H and O–H groups in total. The molecule has 4 rings (SSSR count). The van der Waals surface area contributed by atoms with E-state index in [4.69, 9.17) is 4.74 Å². The monoisotopic (exact) mass is 482 g/mol. The minimum absolute atomic E-state index is 0.0654. The van der Waals surface area contributed by atoms with Crippen molar-refractivity contribution in [3.05, 3.63) is 0 Å². The maximum absolute atomic E-state index is 13.6. The highest BCUT2D eigenvalue weighted by atomic mass is 79.9. The highest BCUT2D eigenvalue weighted by molar-refractivity contribution is 9.10. The van der Waals surface area contributed by atoms with Gasteiger partial charge in [-0.05, 0) is 55.3 Å². The van der Waals surface area contributed by atoms with Gasteiger partial charge < -0.3 is 9.84 Å². The van der Waals surface area contributed by atoms with Crippen LogP contribution in [-0.2, 0) is 23.9 Å². The Morgan fingerprint density at radius 1 is 1.10 bits per heavy atom. The minimum atomic E-state index is -1.65. The molecule has 4 aliphatic rings. The average molecular weight is 483 g/mol. The summed E-state index contributed by atoms with van der Waals surface area (Å²) in [4.78, 5) is 49.7. The zero-order valence-corrected chi connectivity index (χ0v) is 19.5. The summed E-state index contributed by atoms with van der Waals surface area (Å²) in [6.07, 6.45) is 4.07. The predicted octanol–water partition coefficient (Wildman–Crippen LogP) is 3.01. The summed E-state index contributed by atoms with van der Waals surface area (Å²) < 4.78 is 4.88. The number of Topliss-reactive ketones (excluding diaryl/α,β-unsaturated/α-hetero) is 3. The summed E-state index contributed by atoms with van der Waals surface area (Å²) in [5.41, 5.74) is -2.72. The van der Waals surface area contributed by atoms with Gasteiger partial charge in [0.2, 0.25) is 5.78 Å². The van der Waals surface area contributed by atoms with Crippen molar-refractivity contribution in [3.8, 4) is 0 Å². The van der Waals surface area contributed by atoms with Crippen molar-refractivity contribution < 1.29 is 29.0 Å². The predicted molar refractivity (Wildman–Crippen MR) is 112 cm³/mol. The lowest BCUT2D eigenvalue weighted by molar-refractivity contribution is -0.179. The standard InChI is InChI=1S/C23H31BrO6/c1-12(25)30-11-18(28)23(29)9-6-14-13-4-5-15-20(24)16(26)7-8-21(15,2)19(13)17(27)10-22(14,23)3/h13-15,19-20,29H,4-11H2,1-3H3/t13-,14-,15+,19+,20+,21-,22-,23+/m0/s1. The van der Waals surface area contributed by atoms with Gasteiger partial charge in [-0.15, -0.1) is 0 Å². The number of carbonyl (C=O) groups is 4. The van der Waals surface area contributed by atoms with Gasteiger partial charge in [0.1, 0.15) is 17.2 Å². The number of rotatable bonds is 3. The first kappa shape index (κ1) is 22.1. The fourth-order valence-electron chi connectivity index (χ4n) is 7.66. The molecule has 166 valence electrons. The van der Waals surface area contributed by atoms with Crippen LogP contribution in [0.4, 0.5) is 0 Å². The van der Waals surface area contributed by atoms with E-state index >= 15 is 0 Å². The van der Waals surface area contributed by atoms with Crippen molar-refractivity contribution in [3.63, 3.8) is 0 Å². The lowest BCUT2D eigenvalue weighted by Crippen LogP contribution is -2.63. The van der Waals surface area contributed by atoms with Gasteiger partial charge in [0.15, 0.2) is 6.61 Å².